The van der Waals surface area contributed by atoms with Gasteiger partial charge in [0.25, 0.3) is 11.8 Å². The highest BCUT2D eigenvalue weighted by Gasteiger charge is 2.61. The Morgan fingerprint density at radius 1 is 0.811 bits per heavy atom. The van der Waals surface area contributed by atoms with E-state index in [0.717, 1.165) is 42.4 Å². The van der Waals surface area contributed by atoms with E-state index in [9.17, 15) is 9.59 Å². The first-order chi connectivity index (χ1) is 18.1. The van der Waals surface area contributed by atoms with E-state index in [0.29, 0.717) is 0 Å². The standard InChI is InChI=1S/C31H32N2O4/c34-29(32-25-19-11-4-12-20-25)27-28-30(35)33(21-31(36-27,37-28)24-17-9-3-10-18-24)26(22-13-5-1-6-14-22)23-15-7-2-8-16-23/h1-3,5-10,13-18,25-28H,4,11-12,19-21H2,(H,32,34)/t27-,28-,31+/m1/s1. The molecule has 2 heterocycles. The summed E-state index contributed by atoms with van der Waals surface area (Å²) in [5.74, 6) is -1.72. The Balaban J connectivity index is 1.39. The van der Waals surface area contributed by atoms with E-state index in [4.69, 9.17) is 9.47 Å². The molecule has 37 heavy (non-hydrogen) atoms. The quantitative estimate of drug-likeness (QED) is 0.537. The SMILES string of the molecule is O=C(NC1CCCCC1)[C@@H]1O[C@@]2(c3ccccc3)CN(C(c3ccccc3)c3ccccc3)C(=O)[C@@H]1O2. The first kappa shape index (κ1) is 23.9. The molecule has 6 heteroatoms. The van der Waals surface area contributed by atoms with E-state index in [1.807, 2.05) is 95.9 Å². The van der Waals surface area contributed by atoms with Crippen molar-refractivity contribution in [2.24, 2.45) is 0 Å². The number of amides is 2. The summed E-state index contributed by atoms with van der Waals surface area (Å²) in [5.41, 5.74) is 2.79. The zero-order valence-corrected chi connectivity index (χ0v) is 20.8. The van der Waals surface area contributed by atoms with Crippen LogP contribution in [0.25, 0.3) is 0 Å². The highest BCUT2D eigenvalue weighted by atomic mass is 16.8. The van der Waals surface area contributed by atoms with Gasteiger partial charge in [0.1, 0.15) is 0 Å². The van der Waals surface area contributed by atoms with E-state index in [-0.39, 0.29) is 30.4 Å². The number of fused-ring (bicyclic) bond motifs is 2. The molecule has 1 aliphatic carbocycles. The van der Waals surface area contributed by atoms with Gasteiger partial charge in [-0.25, -0.2) is 0 Å². The number of hydrogen-bond donors (Lipinski definition) is 1. The fourth-order valence-electron chi connectivity index (χ4n) is 5.96. The molecular weight excluding hydrogens is 464 g/mol. The maximum atomic E-state index is 14.1. The lowest BCUT2D eigenvalue weighted by Crippen LogP contribution is -2.55. The average Bonchev–Trinajstić information content (AvgIpc) is 3.30. The van der Waals surface area contributed by atoms with E-state index in [1.165, 1.54) is 6.42 Å². The minimum atomic E-state index is -1.23. The Hall–Kier alpha value is -3.48. The second kappa shape index (κ2) is 10.1. The van der Waals surface area contributed by atoms with Crippen LogP contribution in [-0.2, 0) is 24.8 Å². The minimum Gasteiger partial charge on any atom is -0.351 e. The number of nitrogens with zero attached hydrogens (tertiary/aromatic N) is 1. The summed E-state index contributed by atoms with van der Waals surface area (Å²) in [6, 6.07) is 29.4. The van der Waals surface area contributed by atoms with Crippen molar-refractivity contribution in [3.63, 3.8) is 0 Å². The van der Waals surface area contributed by atoms with Crippen LogP contribution in [0.5, 0.6) is 0 Å². The molecule has 3 aromatic rings. The Bertz CT molecular complexity index is 1190. The van der Waals surface area contributed by atoms with Crippen LogP contribution in [0, 0.1) is 0 Å². The number of carbonyl (C=O) groups excluding carboxylic acids is 2. The fraction of sp³-hybridized carbons (Fsp3) is 0.355. The van der Waals surface area contributed by atoms with Gasteiger partial charge in [0.2, 0.25) is 5.79 Å². The van der Waals surface area contributed by atoms with E-state index >= 15 is 0 Å². The molecule has 1 N–H and O–H groups in total. The monoisotopic (exact) mass is 496 g/mol. The zero-order chi connectivity index (χ0) is 25.2. The van der Waals surface area contributed by atoms with Gasteiger partial charge in [0.05, 0.1) is 12.6 Å². The second-order valence-corrected chi connectivity index (χ2v) is 10.2. The van der Waals surface area contributed by atoms with Gasteiger partial charge in [-0.2, -0.15) is 0 Å². The maximum absolute atomic E-state index is 14.1. The summed E-state index contributed by atoms with van der Waals surface area (Å²) in [6.07, 6.45) is 3.29. The molecule has 3 aliphatic rings. The van der Waals surface area contributed by atoms with Crippen LogP contribution in [0.15, 0.2) is 91.0 Å². The van der Waals surface area contributed by atoms with Crippen LogP contribution in [0.1, 0.15) is 54.8 Å². The van der Waals surface area contributed by atoms with Crippen molar-refractivity contribution in [2.75, 3.05) is 6.54 Å². The summed E-state index contributed by atoms with van der Waals surface area (Å²) in [6.45, 7) is 0.175. The van der Waals surface area contributed by atoms with Crippen molar-refractivity contribution >= 4 is 11.8 Å². The van der Waals surface area contributed by atoms with Crippen molar-refractivity contribution < 1.29 is 19.1 Å². The highest BCUT2D eigenvalue weighted by Crippen LogP contribution is 2.46. The summed E-state index contributed by atoms with van der Waals surface area (Å²) in [4.78, 5) is 29.4. The lowest BCUT2D eigenvalue weighted by atomic mass is 9.93. The number of nitrogens with one attached hydrogen (secondary N) is 1. The molecule has 1 saturated carbocycles. The predicted octanol–water partition coefficient (Wildman–Crippen LogP) is 4.70. The molecule has 6 rings (SSSR count). The van der Waals surface area contributed by atoms with Gasteiger partial charge in [-0.05, 0) is 24.0 Å². The molecule has 3 aromatic carbocycles. The summed E-state index contributed by atoms with van der Waals surface area (Å²) < 4.78 is 12.9. The lowest BCUT2D eigenvalue weighted by molar-refractivity contribution is -0.220. The molecule has 0 unspecified atom stereocenters. The topological polar surface area (TPSA) is 67.9 Å². The van der Waals surface area contributed by atoms with Crippen LogP contribution in [0.4, 0.5) is 0 Å². The first-order valence-corrected chi connectivity index (χ1v) is 13.3. The number of rotatable bonds is 6. The van der Waals surface area contributed by atoms with Crippen LogP contribution in [-0.4, -0.2) is 41.5 Å². The van der Waals surface area contributed by atoms with E-state index in [1.54, 1.807) is 0 Å². The van der Waals surface area contributed by atoms with E-state index in [2.05, 4.69) is 5.32 Å². The van der Waals surface area contributed by atoms with Gasteiger partial charge in [-0.3, -0.25) is 9.59 Å². The molecule has 2 saturated heterocycles. The van der Waals surface area contributed by atoms with Crippen molar-refractivity contribution in [1.82, 2.24) is 10.2 Å². The van der Waals surface area contributed by atoms with Crippen molar-refractivity contribution in [3.8, 4) is 0 Å². The average molecular weight is 497 g/mol. The third-order valence-corrected chi connectivity index (χ3v) is 7.78. The largest absolute Gasteiger partial charge is 0.351 e. The maximum Gasteiger partial charge on any atom is 0.256 e. The molecule has 0 spiro atoms. The van der Waals surface area contributed by atoms with Gasteiger partial charge in [-0.1, -0.05) is 110 Å². The normalized spacial score (nSPS) is 25.9. The highest BCUT2D eigenvalue weighted by molar-refractivity contribution is 5.93. The molecular formula is C31H32N2O4. The van der Waals surface area contributed by atoms with E-state index < -0.39 is 18.0 Å². The number of benzene rings is 3. The van der Waals surface area contributed by atoms with Crippen molar-refractivity contribution in [3.05, 3.63) is 108 Å². The molecule has 2 bridgehead atoms. The fourth-order valence-corrected chi connectivity index (χ4v) is 5.96. The Morgan fingerprint density at radius 2 is 1.38 bits per heavy atom. The van der Waals surface area contributed by atoms with Crippen LogP contribution in [0.3, 0.4) is 0 Å². The smallest absolute Gasteiger partial charge is 0.256 e. The molecule has 3 fully saturated rings. The van der Waals surface area contributed by atoms with Gasteiger partial charge in [-0.15, -0.1) is 0 Å². The summed E-state index contributed by atoms with van der Waals surface area (Å²) in [7, 11) is 0. The van der Waals surface area contributed by atoms with Crippen molar-refractivity contribution in [2.45, 2.75) is 62.2 Å². The van der Waals surface area contributed by atoms with Gasteiger partial charge >= 0.3 is 0 Å². The Labute approximate surface area is 217 Å². The Morgan fingerprint density at radius 3 is 1.97 bits per heavy atom. The van der Waals surface area contributed by atoms with Gasteiger partial charge < -0.3 is 19.7 Å². The van der Waals surface area contributed by atoms with Gasteiger partial charge in [0, 0.05) is 11.6 Å². The Kier molecular flexibility index (Phi) is 6.53. The summed E-state index contributed by atoms with van der Waals surface area (Å²) >= 11 is 0. The molecule has 0 aromatic heterocycles. The third-order valence-electron chi connectivity index (χ3n) is 7.78. The number of morpholine rings is 1. The summed E-state index contributed by atoms with van der Waals surface area (Å²) in [5, 5.41) is 3.16. The van der Waals surface area contributed by atoms with Crippen LogP contribution >= 0.6 is 0 Å². The first-order valence-electron chi connectivity index (χ1n) is 13.3. The molecule has 6 nitrogen and oxygen atoms in total. The number of ether oxygens (including phenoxy) is 2. The van der Waals surface area contributed by atoms with Gasteiger partial charge in [0.15, 0.2) is 12.2 Å². The zero-order valence-electron chi connectivity index (χ0n) is 20.8. The number of hydrogen-bond acceptors (Lipinski definition) is 4. The van der Waals surface area contributed by atoms with Crippen LogP contribution in [0.2, 0.25) is 0 Å². The van der Waals surface area contributed by atoms with Crippen molar-refractivity contribution in [1.29, 1.82) is 0 Å². The van der Waals surface area contributed by atoms with Crippen LogP contribution < -0.4 is 5.32 Å². The lowest BCUT2D eigenvalue weighted by Gasteiger charge is -2.42. The number of carbonyl (C=O) groups is 2. The molecule has 190 valence electrons. The molecule has 2 amide bonds. The molecule has 2 aliphatic heterocycles. The third kappa shape index (κ3) is 4.56. The molecule has 0 radical (unpaired) electrons. The predicted molar refractivity (Wildman–Crippen MR) is 139 cm³/mol. The second-order valence-electron chi connectivity index (χ2n) is 10.2. The minimum absolute atomic E-state index is 0.116. The molecule has 3 atom stereocenters.